The number of nitrogens with zero attached hydrogens (tertiary/aromatic N) is 1. The van der Waals surface area contributed by atoms with Crippen LogP contribution in [-0.4, -0.2) is 37.6 Å². The zero-order valence-corrected chi connectivity index (χ0v) is 11.3. The first kappa shape index (κ1) is 12.4. The molecule has 1 heterocycles. The van der Waals surface area contributed by atoms with Crippen LogP contribution >= 0.6 is 0 Å². The molecule has 2 heteroatoms. The first-order chi connectivity index (χ1) is 7.67. The van der Waals surface area contributed by atoms with Crippen molar-refractivity contribution in [3.8, 4) is 0 Å². The Bertz CT molecular complexity index is 217. The average Bonchev–Trinajstić information content (AvgIpc) is 3.13. The van der Waals surface area contributed by atoms with Crippen LogP contribution < -0.4 is 5.32 Å². The van der Waals surface area contributed by atoms with Gasteiger partial charge in [0.15, 0.2) is 0 Å². The molecule has 1 aliphatic carbocycles. The van der Waals surface area contributed by atoms with Gasteiger partial charge in [-0.1, -0.05) is 6.92 Å². The number of rotatable bonds is 5. The van der Waals surface area contributed by atoms with E-state index >= 15 is 0 Å². The lowest BCUT2D eigenvalue weighted by molar-refractivity contribution is 0.0947. The van der Waals surface area contributed by atoms with Crippen LogP contribution in [0.4, 0.5) is 0 Å². The Balaban J connectivity index is 1.88. The van der Waals surface area contributed by atoms with Gasteiger partial charge in [-0.15, -0.1) is 0 Å². The highest BCUT2D eigenvalue weighted by atomic mass is 15.1. The van der Waals surface area contributed by atoms with Gasteiger partial charge in [0.05, 0.1) is 0 Å². The lowest BCUT2D eigenvalue weighted by Gasteiger charge is -2.41. The summed E-state index contributed by atoms with van der Waals surface area (Å²) >= 11 is 0. The number of hydrogen-bond acceptors (Lipinski definition) is 2. The predicted molar refractivity (Wildman–Crippen MR) is 69.6 cm³/mol. The van der Waals surface area contributed by atoms with Crippen molar-refractivity contribution in [2.24, 2.45) is 11.3 Å². The van der Waals surface area contributed by atoms with Gasteiger partial charge in [-0.25, -0.2) is 0 Å². The van der Waals surface area contributed by atoms with Crippen LogP contribution in [0.2, 0.25) is 0 Å². The first-order valence-electron chi connectivity index (χ1n) is 7.08. The van der Waals surface area contributed by atoms with Crippen LogP contribution in [-0.2, 0) is 0 Å². The second kappa shape index (κ2) is 5.05. The van der Waals surface area contributed by atoms with Gasteiger partial charge >= 0.3 is 0 Å². The minimum absolute atomic E-state index is 0.600. The maximum atomic E-state index is 3.49. The Morgan fingerprint density at radius 3 is 2.44 bits per heavy atom. The number of piperidine rings is 1. The zero-order chi connectivity index (χ0) is 11.6. The van der Waals surface area contributed by atoms with E-state index in [2.05, 4.69) is 31.1 Å². The van der Waals surface area contributed by atoms with E-state index in [1.54, 1.807) is 0 Å². The van der Waals surface area contributed by atoms with E-state index in [0.29, 0.717) is 5.41 Å². The minimum atomic E-state index is 0.600. The van der Waals surface area contributed by atoms with E-state index < -0.39 is 0 Å². The summed E-state index contributed by atoms with van der Waals surface area (Å²) in [6.07, 6.45) is 7.01. The molecule has 1 saturated heterocycles. The Labute approximate surface area is 101 Å². The van der Waals surface area contributed by atoms with Crippen LogP contribution in [0.5, 0.6) is 0 Å². The van der Waals surface area contributed by atoms with Crippen LogP contribution in [0.1, 0.15) is 46.0 Å². The third-order valence-corrected chi connectivity index (χ3v) is 5.00. The maximum absolute atomic E-state index is 3.49. The molecule has 2 rings (SSSR count). The monoisotopic (exact) mass is 224 g/mol. The second-order valence-corrected chi connectivity index (χ2v) is 6.10. The third kappa shape index (κ3) is 2.78. The number of nitrogens with one attached hydrogen (secondary N) is 1. The fourth-order valence-electron chi connectivity index (χ4n) is 3.19. The third-order valence-electron chi connectivity index (χ3n) is 5.00. The van der Waals surface area contributed by atoms with Crippen molar-refractivity contribution in [3.05, 3.63) is 0 Å². The maximum Gasteiger partial charge on any atom is 0.00923 e. The van der Waals surface area contributed by atoms with E-state index in [0.717, 1.165) is 12.0 Å². The highest BCUT2D eigenvalue weighted by Crippen LogP contribution is 2.38. The summed E-state index contributed by atoms with van der Waals surface area (Å²) in [4.78, 5) is 2.63. The molecule has 0 radical (unpaired) electrons. The Morgan fingerprint density at radius 2 is 1.94 bits per heavy atom. The molecule has 1 atom stereocenters. The first-order valence-corrected chi connectivity index (χ1v) is 7.08. The van der Waals surface area contributed by atoms with E-state index in [1.165, 1.54) is 51.7 Å². The van der Waals surface area contributed by atoms with Gasteiger partial charge in [0.2, 0.25) is 0 Å². The standard InChI is InChI=1S/C14H28N2/c1-4-14(7-9-15-10-8-14)11-16(3)12(2)13-5-6-13/h12-13,15H,4-11H2,1-3H3. The summed E-state index contributed by atoms with van der Waals surface area (Å²) in [6.45, 7) is 8.55. The molecule has 1 N–H and O–H groups in total. The van der Waals surface area contributed by atoms with Gasteiger partial charge in [0, 0.05) is 12.6 Å². The SMILES string of the molecule is CCC1(CN(C)C(C)C2CC2)CCNCC1. The van der Waals surface area contributed by atoms with E-state index in [1.807, 2.05) is 0 Å². The van der Waals surface area contributed by atoms with Gasteiger partial charge in [-0.3, -0.25) is 0 Å². The van der Waals surface area contributed by atoms with Gasteiger partial charge in [-0.05, 0) is 70.5 Å². The lowest BCUT2D eigenvalue weighted by Crippen LogP contribution is -2.46. The summed E-state index contributed by atoms with van der Waals surface area (Å²) in [7, 11) is 2.34. The molecule has 1 unspecified atom stereocenters. The summed E-state index contributed by atoms with van der Waals surface area (Å²) in [6, 6.07) is 0.804. The molecule has 0 bridgehead atoms. The highest BCUT2D eigenvalue weighted by Gasteiger charge is 2.36. The molecule has 2 nitrogen and oxygen atoms in total. The molecule has 1 saturated carbocycles. The van der Waals surface area contributed by atoms with Gasteiger partial charge in [-0.2, -0.15) is 0 Å². The molecule has 0 aromatic carbocycles. The van der Waals surface area contributed by atoms with E-state index in [9.17, 15) is 0 Å². The smallest absolute Gasteiger partial charge is 0.00923 e. The number of hydrogen-bond donors (Lipinski definition) is 1. The van der Waals surface area contributed by atoms with Gasteiger partial charge in [0.25, 0.3) is 0 Å². The molecule has 0 aromatic heterocycles. The molecule has 94 valence electrons. The fourth-order valence-corrected chi connectivity index (χ4v) is 3.19. The van der Waals surface area contributed by atoms with Crippen LogP contribution in [0.3, 0.4) is 0 Å². The summed E-state index contributed by atoms with van der Waals surface area (Å²) in [5.41, 5.74) is 0.600. The molecule has 2 fully saturated rings. The van der Waals surface area contributed by atoms with Crippen molar-refractivity contribution in [2.75, 3.05) is 26.7 Å². The average molecular weight is 224 g/mol. The fraction of sp³-hybridized carbons (Fsp3) is 1.00. The van der Waals surface area contributed by atoms with Crippen molar-refractivity contribution in [3.63, 3.8) is 0 Å². The molecular formula is C14H28N2. The molecular weight excluding hydrogens is 196 g/mol. The van der Waals surface area contributed by atoms with Gasteiger partial charge in [0.1, 0.15) is 0 Å². The molecule has 0 aromatic rings. The Kier molecular flexibility index (Phi) is 3.91. The molecule has 0 amide bonds. The van der Waals surface area contributed by atoms with E-state index in [-0.39, 0.29) is 0 Å². The van der Waals surface area contributed by atoms with Crippen molar-refractivity contribution in [1.29, 1.82) is 0 Å². The Morgan fingerprint density at radius 1 is 1.31 bits per heavy atom. The molecule has 16 heavy (non-hydrogen) atoms. The summed E-state index contributed by atoms with van der Waals surface area (Å²) < 4.78 is 0. The topological polar surface area (TPSA) is 15.3 Å². The Hall–Kier alpha value is -0.0800. The summed E-state index contributed by atoms with van der Waals surface area (Å²) in [5, 5.41) is 3.49. The quantitative estimate of drug-likeness (QED) is 0.772. The second-order valence-electron chi connectivity index (χ2n) is 6.10. The van der Waals surface area contributed by atoms with E-state index in [4.69, 9.17) is 0 Å². The van der Waals surface area contributed by atoms with Crippen LogP contribution in [0.15, 0.2) is 0 Å². The molecule has 2 aliphatic rings. The molecule has 1 aliphatic heterocycles. The normalized spacial score (nSPS) is 27.0. The minimum Gasteiger partial charge on any atom is -0.317 e. The largest absolute Gasteiger partial charge is 0.317 e. The lowest BCUT2D eigenvalue weighted by atomic mass is 9.76. The van der Waals surface area contributed by atoms with Crippen molar-refractivity contribution in [1.82, 2.24) is 10.2 Å². The highest BCUT2D eigenvalue weighted by molar-refractivity contribution is 4.90. The van der Waals surface area contributed by atoms with Crippen molar-refractivity contribution in [2.45, 2.75) is 52.0 Å². The zero-order valence-electron chi connectivity index (χ0n) is 11.3. The predicted octanol–water partition coefficient (Wildman–Crippen LogP) is 2.50. The summed E-state index contributed by atoms with van der Waals surface area (Å²) in [5.74, 6) is 1.00. The van der Waals surface area contributed by atoms with Crippen molar-refractivity contribution < 1.29 is 0 Å². The van der Waals surface area contributed by atoms with Crippen molar-refractivity contribution >= 4 is 0 Å². The van der Waals surface area contributed by atoms with Crippen LogP contribution in [0, 0.1) is 11.3 Å². The van der Waals surface area contributed by atoms with Crippen LogP contribution in [0.25, 0.3) is 0 Å². The molecule has 0 spiro atoms. The van der Waals surface area contributed by atoms with Gasteiger partial charge < -0.3 is 10.2 Å².